The van der Waals surface area contributed by atoms with Gasteiger partial charge in [0, 0.05) is 6.04 Å². The Bertz CT molecular complexity index is 435. The standard InChI is InChI=1S/C14H20FNO4/c1-3-11(16-12(8(2)17)14(19)20)13(18)9-4-6-10(15)7-5-9/h4-8,11-13,16-18H,3H2,1-2H3,(H,19,20). The van der Waals surface area contributed by atoms with Gasteiger partial charge in [0.2, 0.25) is 0 Å². The molecule has 6 heteroatoms. The SMILES string of the molecule is CCC(NC(C(=O)O)C(C)O)C(O)c1ccc(F)cc1. The molecule has 1 rings (SSSR count). The first-order valence-corrected chi connectivity index (χ1v) is 6.47. The summed E-state index contributed by atoms with van der Waals surface area (Å²) in [4.78, 5) is 11.0. The van der Waals surface area contributed by atoms with Crippen LogP contribution < -0.4 is 5.32 Å². The highest BCUT2D eigenvalue weighted by atomic mass is 19.1. The largest absolute Gasteiger partial charge is 0.480 e. The maximum absolute atomic E-state index is 12.8. The highest BCUT2D eigenvalue weighted by molar-refractivity contribution is 5.74. The summed E-state index contributed by atoms with van der Waals surface area (Å²) in [5.41, 5.74) is 0.487. The van der Waals surface area contributed by atoms with E-state index in [1.165, 1.54) is 31.2 Å². The third-order valence-electron chi connectivity index (χ3n) is 3.17. The van der Waals surface area contributed by atoms with Crippen molar-refractivity contribution in [1.82, 2.24) is 5.32 Å². The summed E-state index contributed by atoms with van der Waals surface area (Å²) in [7, 11) is 0. The van der Waals surface area contributed by atoms with Crippen molar-refractivity contribution in [1.29, 1.82) is 0 Å². The van der Waals surface area contributed by atoms with Gasteiger partial charge in [0.25, 0.3) is 0 Å². The van der Waals surface area contributed by atoms with Gasteiger partial charge < -0.3 is 15.3 Å². The third-order valence-corrected chi connectivity index (χ3v) is 3.17. The normalized spacial score (nSPS) is 17.2. The van der Waals surface area contributed by atoms with E-state index in [-0.39, 0.29) is 0 Å². The van der Waals surface area contributed by atoms with E-state index >= 15 is 0 Å². The second-order valence-corrected chi connectivity index (χ2v) is 4.73. The van der Waals surface area contributed by atoms with Crippen LogP contribution in [0.2, 0.25) is 0 Å². The molecule has 0 radical (unpaired) electrons. The number of carbonyl (C=O) groups is 1. The van der Waals surface area contributed by atoms with Crippen LogP contribution >= 0.6 is 0 Å². The minimum absolute atomic E-state index is 0.408. The molecule has 4 N–H and O–H groups in total. The average molecular weight is 285 g/mol. The lowest BCUT2D eigenvalue weighted by molar-refractivity contribution is -0.142. The maximum Gasteiger partial charge on any atom is 0.323 e. The van der Waals surface area contributed by atoms with Crippen molar-refractivity contribution in [3.63, 3.8) is 0 Å². The van der Waals surface area contributed by atoms with E-state index in [9.17, 15) is 19.4 Å². The second-order valence-electron chi connectivity index (χ2n) is 4.73. The van der Waals surface area contributed by atoms with Gasteiger partial charge in [0.05, 0.1) is 12.2 Å². The number of benzene rings is 1. The lowest BCUT2D eigenvalue weighted by Crippen LogP contribution is -2.51. The molecule has 0 amide bonds. The molecule has 0 aliphatic rings. The molecule has 4 unspecified atom stereocenters. The Hall–Kier alpha value is -1.50. The van der Waals surface area contributed by atoms with E-state index in [1.54, 1.807) is 6.92 Å². The molecule has 4 atom stereocenters. The van der Waals surface area contributed by atoms with Crippen molar-refractivity contribution >= 4 is 5.97 Å². The number of aliphatic carboxylic acids is 1. The third kappa shape index (κ3) is 4.26. The smallest absolute Gasteiger partial charge is 0.323 e. The number of nitrogens with one attached hydrogen (secondary N) is 1. The molecular formula is C14H20FNO4. The van der Waals surface area contributed by atoms with Crippen molar-refractivity contribution in [2.24, 2.45) is 0 Å². The predicted molar refractivity (Wildman–Crippen MR) is 71.7 cm³/mol. The fourth-order valence-corrected chi connectivity index (χ4v) is 1.97. The quantitative estimate of drug-likeness (QED) is 0.601. The molecule has 112 valence electrons. The van der Waals surface area contributed by atoms with Crippen LogP contribution in [0.4, 0.5) is 4.39 Å². The summed E-state index contributed by atoms with van der Waals surface area (Å²) in [6.45, 7) is 3.15. The lowest BCUT2D eigenvalue weighted by atomic mass is 9.98. The van der Waals surface area contributed by atoms with Gasteiger partial charge in [0.1, 0.15) is 11.9 Å². The zero-order valence-corrected chi connectivity index (χ0v) is 11.5. The van der Waals surface area contributed by atoms with Gasteiger partial charge in [-0.15, -0.1) is 0 Å². The molecule has 0 spiro atoms. The van der Waals surface area contributed by atoms with Crippen LogP contribution in [-0.4, -0.2) is 39.5 Å². The number of aliphatic hydroxyl groups excluding tert-OH is 2. The Morgan fingerprint density at radius 3 is 2.25 bits per heavy atom. The molecule has 0 aliphatic heterocycles. The molecule has 0 fully saturated rings. The fourth-order valence-electron chi connectivity index (χ4n) is 1.97. The van der Waals surface area contributed by atoms with Crippen LogP contribution in [0.15, 0.2) is 24.3 Å². The first-order valence-electron chi connectivity index (χ1n) is 6.47. The van der Waals surface area contributed by atoms with Crippen molar-refractivity contribution in [3.8, 4) is 0 Å². The monoisotopic (exact) mass is 285 g/mol. The number of carboxylic acid groups (broad SMARTS) is 1. The summed E-state index contributed by atoms with van der Waals surface area (Å²) in [5, 5.41) is 31.4. The number of hydrogen-bond donors (Lipinski definition) is 4. The molecule has 0 bridgehead atoms. The average Bonchev–Trinajstić information content (AvgIpc) is 2.39. The summed E-state index contributed by atoms with van der Waals surface area (Å²) >= 11 is 0. The molecule has 5 nitrogen and oxygen atoms in total. The molecule has 1 aromatic carbocycles. The summed E-state index contributed by atoms with van der Waals surface area (Å²) in [6, 6.07) is 3.63. The second kappa shape index (κ2) is 7.33. The number of halogens is 1. The highest BCUT2D eigenvalue weighted by Gasteiger charge is 2.29. The summed E-state index contributed by atoms with van der Waals surface area (Å²) in [6.07, 6.45) is -1.63. The molecule has 0 aromatic heterocycles. The minimum Gasteiger partial charge on any atom is -0.480 e. The van der Waals surface area contributed by atoms with Gasteiger partial charge in [-0.1, -0.05) is 19.1 Å². The van der Waals surface area contributed by atoms with E-state index in [2.05, 4.69) is 5.32 Å². The Labute approximate surface area is 117 Å². The Kier molecular flexibility index (Phi) is 6.06. The molecule has 0 heterocycles. The summed E-state index contributed by atoms with van der Waals surface area (Å²) < 4.78 is 12.8. The van der Waals surface area contributed by atoms with E-state index in [0.29, 0.717) is 12.0 Å². The van der Waals surface area contributed by atoms with Gasteiger partial charge in [0.15, 0.2) is 0 Å². The molecule has 0 saturated heterocycles. The molecule has 0 saturated carbocycles. The van der Waals surface area contributed by atoms with Gasteiger partial charge in [-0.2, -0.15) is 0 Å². The zero-order valence-electron chi connectivity index (χ0n) is 11.5. The predicted octanol–water partition coefficient (Wildman–Crippen LogP) is 1.06. The van der Waals surface area contributed by atoms with Gasteiger partial charge in [-0.05, 0) is 31.0 Å². The van der Waals surface area contributed by atoms with Gasteiger partial charge in [-0.3, -0.25) is 10.1 Å². The maximum atomic E-state index is 12.8. The molecule has 0 aliphatic carbocycles. The van der Waals surface area contributed by atoms with E-state index in [0.717, 1.165) is 0 Å². The van der Waals surface area contributed by atoms with Crippen molar-refractivity contribution in [2.75, 3.05) is 0 Å². The Balaban J connectivity index is 2.84. The number of aliphatic hydroxyl groups is 2. The van der Waals surface area contributed by atoms with E-state index in [1.807, 2.05) is 0 Å². The molecular weight excluding hydrogens is 265 g/mol. The van der Waals surface area contributed by atoms with Crippen LogP contribution in [0.25, 0.3) is 0 Å². The minimum atomic E-state index is -1.19. The van der Waals surface area contributed by atoms with E-state index in [4.69, 9.17) is 5.11 Å². The Morgan fingerprint density at radius 1 is 1.30 bits per heavy atom. The first kappa shape index (κ1) is 16.6. The van der Waals surface area contributed by atoms with Crippen molar-refractivity contribution in [3.05, 3.63) is 35.6 Å². The van der Waals surface area contributed by atoms with Crippen LogP contribution in [0.5, 0.6) is 0 Å². The topological polar surface area (TPSA) is 89.8 Å². The Morgan fingerprint density at radius 2 is 1.85 bits per heavy atom. The molecule has 20 heavy (non-hydrogen) atoms. The van der Waals surface area contributed by atoms with Crippen LogP contribution in [0.3, 0.4) is 0 Å². The van der Waals surface area contributed by atoms with Crippen LogP contribution in [0, 0.1) is 5.82 Å². The highest BCUT2D eigenvalue weighted by Crippen LogP contribution is 2.20. The van der Waals surface area contributed by atoms with Crippen LogP contribution in [-0.2, 0) is 4.79 Å². The van der Waals surface area contributed by atoms with Crippen molar-refractivity contribution in [2.45, 2.75) is 44.6 Å². The van der Waals surface area contributed by atoms with Gasteiger partial charge in [-0.25, -0.2) is 4.39 Å². The zero-order chi connectivity index (χ0) is 15.3. The fraction of sp³-hybridized carbons (Fsp3) is 0.500. The number of hydrogen-bond acceptors (Lipinski definition) is 4. The van der Waals surface area contributed by atoms with E-state index < -0.39 is 36.1 Å². The number of carboxylic acids is 1. The van der Waals surface area contributed by atoms with Crippen molar-refractivity contribution < 1.29 is 24.5 Å². The molecule has 1 aromatic rings. The lowest BCUT2D eigenvalue weighted by Gasteiger charge is -2.28. The van der Waals surface area contributed by atoms with Crippen LogP contribution in [0.1, 0.15) is 31.9 Å². The number of rotatable bonds is 7. The summed E-state index contributed by atoms with van der Waals surface area (Å²) in [5.74, 6) is -1.60. The van der Waals surface area contributed by atoms with Gasteiger partial charge >= 0.3 is 5.97 Å². The first-order chi connectivity index (χ1) is 9.36.